The average molecular weight is 301 g/mol. The molecule has 2 rings (SSSR count). The number of ether oxygens (including phenoxy) is 1. The van der Waals surface area contributed by atoms with Crippen molar-refractivity contribution in [2.75, 3.05) is 0 Å². The molecule has 0 bridgehead atoms. The summed E-state index contributed by atoms with van der Waals surface area (Å²) in [6.07, 6.45) is 2.52. The fraction of sp³-hybridized carbons (Fsp3) is 0.667. The molecule has 1 aromatic heterocycles. The van der Waals surface area contributed by atoms with Gasteiger partial charge in [-0.1, -0.05) is 0 Å². The first kappa shape index (κ1) is 12.8. The Morgan fingerprint density at radius 3 is 2.76 bits per heavy atom. The predicted molar refractivity (Wildman–Crippen MR) is 69.2 cm³/mol. The maximum absolute atomic E-state index is 11.9. The Morgan fingerprint density at radius 2 is 2.18 bits per heavy atom. The number of halogens is 1. The molecule has 94 valence electrons. The number of aryl methyl sites for hydroxylation is 1. The van der Waals surface area contributed by atoms with Crippen LogP contribution in [0.1, 0.15) is 31.2 Å². The first-order valence-corrected chi connectivity index (χ1v) is 6.67. The van der Waals surface area contributed by atoms with Crippen molar-refractivity contribution in [3.63, 3.8) is 0 Å². The van der Waals surface area contributed by atoms with E-state index in [1.807, 2.05) is 13.8 Å². The maximum atomic E-state index is 11.9. The third-order valence-corrected chi connectivity index (χ3v) is 4.39. The second-order valence-corrected chi connectivity index (χ2v) is 5.43. The highest BCUT2D eigenvalue weighted by Gasteiger charge is 2.23. The molecule has 0 radical (unpaired) electrons. The topological polar surface area (TPSA) is 44.1 Å². The van der Waals surface area contributed by atoms with Gasteiger partial charge in [0.25, 0.3) is 0 Å². The van der Waals surface area contributed by atoms with E-state index >= 15 is 0 Å². The van der Waals surface area contributed by atoms with Crippen LogP contribution in [-0.2, 0) is 11.3 Å². The Hall–Kier alpha value is -0.680. The minimum absolute atomic E-state index is 0.137. The molecule has 1 aliphatic rings. The zero-order chi connectivity index (χ0) is 12.6. The highest BCUT2D eigenvalue weighted by Crippen LogP contribution is 2.22. The van der Waals surface area contributed by atoms with Crippen LogP contribution in [0.2, 0.25) is 0 Å². The van der Waals surface area contributed by atoms with Crippen molar-refractivity contribution in [3.05, 3.63) is 26.3 Å². The zero-order valence-corrected chi connectivity index (χ0v) is 12.0. The molecule has 1 aliphatic heterocycles. The van der Waals surface area contributed by atoms with Crippen LogP contribution in [0.5, 0.6) is 0 Å². The van der Waals surface area contributed by atoms with Crippen LogP contribution < -0.4 is 5.69 Å². The van der Waals surface area contributed by atoms with Gasteiger partial charge >= 0.3 is 5.69 Å². The highest BCUT2D eigenvalue weighted by atomic mass is 79.9. The van der Waals surface area contributed by atoms with Gasteiger partial charge in [0.15, 0.2) is 0 Å². The van der Waals surface area contributed by atoms with E-state index in [-0.39, 0.29) is 11.8 Å². The largest absolute Gasteiger partial charge is 0.373 e. The molecule has 0 N–H and O–H groups in total. The molecule has 0 aliphatic carbocycles. The minimum atomic E-state index is -0.189. The van der Waals surface area contributed by atoms with Crippen LogP contribution in [0.4, 0.5) is 0 Å². The fourth-order valence-corrected chi connectivity index (χ4v) is 2.52. The molecular weight excluding hydrogens is 284 g/mol. The van der Waals surface area contributed by atoms with Crippen molar-refractivity contribution in [3.8, 4) is 0 Å². The number of rotatable bonds is 2. The van der Waals surface area contributed by atoms with Crippen LogP contribution in [-0.4, -0.2) is 21.8 Å². The Labute approximate surface area is 109 Å². The third-order valence-electron chi connectivity index (χ3n) is 3.24. The molecule has 0 aromatic carbocycles. The second-order valence-electron chi connectivity index (χ2n) is 4.64. The van der Waals surface area contributed by atoms with Gasteiger partial charge in [0.05, 0.1) is 28.9 Å². The molecule has 0 saturated carbocycles. The monoisotopic (exact) mass is 300 g/mol. The van der Waals surface area contributed by atoms with E-state index in [1.54, 1.807) is 4.57 Å². The van der Waals surface area contributed by atoms with Crippen molar-refractivity contribution >= 4 is 15.9 Å². The number of hydrogen-bond acceptors (Lipinski definition) is 3. The summed E-state index contributed by atoms with van der Waals surface area (Å²) < 4.78 is 8.34. The lowest BCUT2D eigenvalue weighted by Gasteiger charge is -2.16. The quantitative estimate of drug-likeness (QED) is 0.841. The van der Waals surface area contributed by atoms with Gasteiger partial charge in [0.2, 0.25) is 0 Å². The molecular formula is C12H17BrN2O2. The van der Waals surface area contributed by atoms with Crippen molar-refractivity contribution in [1.82, 2.24) is 9.55 Å². The summed E-state index contributed by atoms with van der Waals surface area (Å²) >= 11 is 3.46. The fourth-order valence-electron chi connectivity index (χ4n) is 2.21. The van der Waals surface area contributed by atoms with Crippen LogP contribution in [0, 0.1) is 13.8 Å². The Kier molecular flexibility index (Phi) is 3.68. The minimum Gasteiger partial charge on any atom is -0.373 e. The summed E-state index contributed by atoms with van der Waals surface area (Å²) in [5, 5.41) is 0. The molecule has 0 amide bonds. The molecule has 2 heterocycles. The third kappa shape index (κ3) is 2.60. The standard InChI is InChI=1S/C12H17BrN2O2/c1-7-4-5-10(17-7)6-15-9(3)11(13)8(2)14-12(15)16/h7,10H,4-6H2,1-3H3. The molecule has 2 atom stereocenters. The van der Waals surface area contributed by atoms with E-state index in [4.69, 9.17) is 4.74 Å². The van der Waals surface area contributed by atoms with Gasteiger partial charge in [0.1, 0.15) is 0 Å². The molecule has 1 aromatic rings. The van der Waals surface area contributed by atoms with E-state index in [0.29, 0.717) is 12.6 Å². The molecule has 4 nitrogen and oxygen atoms in total. The van der Waals surface area contributed by atoms with Gasteiger partial charge in [-0.15, -0.1) is 0 Å². The second kappa shape index (κ2) is 4.90. The van der Waals surface area contributed by atoms with Crippen LogP contribution in [0.3, 0.4) is 0 Å². The summed E-state index contributed by atoms with van der Waals surface area (Å²) in [5.74, 6) is 0. The first-order valence-electron chi connectivity index (χ1n) is 5.88. The summed E-state index contributed by atoms with van der Waals surface area (Å²) in [6.45, 7) is 6.43. The highest BCUT2D eigenvalue weighted by molar-refractivity contribution is 9.10. The molecule has 5 heteroatoms. The molecule has 2 unspecified atom stereocenters. The first-order chi connectivity index (χ1) is 7.99. The van der Waals surface area contributed by atoms with Crippen molar-refractivity contribution < 1.29 is 4.74 Å². The Morgan fingerprint density at radius 1 is 1.47 bits per heavy atom. The predicted octanol–water partition coefficient (Wildman–Crippen LogP) is 2.19. The van der Waals surface area contributed by atoms with Gasteiger partial charge in [0, 0.05) is 5.69 Å². The molecule has 17 heavy (non-hydrogen) atoms. The Balaban J connectivity index is 2.27. The van der Waals surface area contributed by atoms with Gasteiger partial charge in [-0.3, -0.25) is 4.57 Å². The molecule has 1 saturated heterocycles. The SMILES string of the molecule is Cc1nc(=O)n(CC2CCC(C)O2)c(C)c1Br. The summed E-state index contributed by atoms with van der Waals surface area (Å²) in [7, 11) is 0. The molecule has 1 fully saturated rings. The van der Waals surface area contributed by atoms with Crippen molar-refractivity contribution in [1.29, 1.82) is 0 Å². The van der Waals surface area contributed by atoms with E-state index in [1.165, 1.54) is 0 Å². The van der Waals surface area contributed by atoms with E-state index < -0.39 is 0 Å². The normalized spacial score (nSPS) is 24.2. The lowest BCUT2D eigenvalue weighted by Crippen LogP contribution is -2.31. The summed E-state index contributed by atoms with van der Waals surface area (Å²) in [5.41, 5.74) is 1.47. The average Bonchev–Trinajstić information content (AvgIpc) is 2.67. The lowest BCUT2D eigenvalue weighted by molar-refractivity contribution is 0.0445. The Bertz CT molecular complexity index is 484. The zero-order valence-electron chi connectivity index (χ0n) is 10.4. The number of hydrogen-bond donors (Lipinski definition) is 0. The van der Waals surface area contributed by atoms with Crippen molar-refractivity contribution in [2.24, 2.45) is 0 Å². The van der Waals surface area contributed by atoms with Crippen LogP contribution >= 0.6 is 15.9 Å². The number of aromatic nitrogens is 2. The van der Waals surface area contributed by atoms with E-state index in [9.17, 15) is 4.79 Å². The summed E-state index contributed by atoms with van der Waals surface area (Å²) in [6, 6.07) is 0. The number of nitrogens with zero attached hydrogens (tertiary/aromatic N) is 2. The van der Waals surface area contributed by atoms with Crippen LogP contribution in [0.25, 0.3) is 0 Å². The van der Waals surface area contributed by atoms with Gasteiger partial charge in [-0.25, -0.2) is 4.79 Å². The van der Waals surface area contributed by atoms with Crippen LogP contribution in [0.15, 0.2) is 9.27 Å². The van der Waals surface area contributed by atoms with E-state index in [0.717, 1.165) is 28.7 Å². The lowest BCUT2D eigenvalue weighted by atomic mass is 10.2. The van der Waals surface area contributed by atoms with Crippen molar-refractivity contribution in [2.45, 2.75) is 52.4 Å². The van der Waals surface area contributed by atoms with E-state index in [2.05, 4.69) is 27.8 Å². The van der Waals surface area contributed by atoms with Gasteiger partial charge < -0.3 is 4.74 Å². The maximum Gasteiger partial charge on any atom is 0.348 e. The summed E-state index contributed by atoms with van der Waals surface area (Å²) in [4.78, 5) is 15.9. The van der Waals surface area contributed by atoms with Gasteiger partial charge in [-0.2, -0.15) is 4.98 Å². The van der Waals surface area contributed by atoms with Gasteiger partial charge in [-0.05, 0) is 49.5 Å². The molecule has 0 spiro atoms. The smallest absolute Gasteiger partial charge is 0.348 e.